The first-order valence-corrected chi connectivity index (χ1v) is 8.14. The van der Waals surface area contributed by atoms with E-state index >= 15 is 0 Å². The van der Waals surface area contributed by atoms with Gasteiger partial charge >= 0.3 is 0 Å². The van der Waals surface area contributed by atoms with Crippen molar-refractivity contribution in [3.8, 4) is 0 Å². The summed E-state index contributed by atoms with van der Waals surface area (Å²) in [7, 11) is -1.23. The van der Waals surface area contributed by atoms with E-state index < -0.39 is 7.42 Å². The number of benzene rings is 2. The number of hydrogen-bond donors (Lipinski definition) is 0. The van der Waals surface area contributed by atoms with E-state index in [-0.39, 0.29) is 0 Å². The summed E-state index contributed by atoms with van der Waals surface area (Å²) < 4.78 is 0. The molecule has 1 radical (unpaired) electrons. The number of halogens is 2. The van der Waals surface area contributed by atoms with Gasteiger partial charge in [-0.2, -0.15) is 0 Å². The van der Waals surface area contributed by atoms with Crippen LogP contribution in [0.1, 0.15) is 5.56 Å². The highest BCUT2D eigenvalue weighted by atomic mass is 35.7. The van der Waals surface area contributed by atoms with Gasteiger partial charge in [-0.15, -0.1) is 22.2 Å². The van der Waals surface area contributed by atoms with Gasteiger partial charge in [-0.05, 0) is 22.4 Å². The first-order chi connectivity index (χ1) is 6.77. The molecule has 0 aliphatic rings. The highest BCUT2D eigenvalue weighted by Crippen LogP contribution is 2.20. The van der Waals surface area contributed by atoms with Crippen LogP contribution in [0.3, 0.4) is 0 Å². The lowest BCUT2D eigenvalue weighted by Gasteiger charge is -2.05. The Labute approximate surface area is 94.5 Å². The quantitative estimate of drug-likeness (QED) is 0.552. The molecule has 0 aromatic heterocycles. The summed E-state index contributed by atoms with van der Waals surface area (Å²) in [6, 6.07) is 15.4. The summed E-state index contributed by atoms with van der Waals surface area (Å²) in [5.41, 5.74) is 1.25. The van der Waals surface area contributed by atoms with Gasteiger partial charge in [0.25, 0.3) is 7.42 Å². The average Bonchev–Trinajstić information content (AvgIpc) is 2.18. The van der Waals surface area contributed by atoms with Crippen LogP contribution >= 0.6 is 22.2 Å². The Kier molecular flexibility index (Phi) is 3.11. The van der Waals surface area contributed by atoms with Crippen molar-refractivity contribution >= 4 is 40.3 Å². The first kappa shape index (κ1) is 10.0. The van der Waals surface area contributed by atoms with Gasteiger partial charge in [0, 0.05) is 0 Å². The van der Waals surface area contributed by atoms with Crippen LogP contribution in [0.5, 0.6) is 0 Å². The van der Waals surface area contributed by atoms with Gasteiger partial charge in [0.05, 0.1) is 0 Å². The predicted octanol–water partition coefficient (Wildman–Crippen LogP) is 3.89. The summed E-state index contributed by atoms with van der Waals surface area (Å²) in [4.78, 5) is 0. The van der Waals surface area contributed by atoms with Crippen molar-refractivity contribution in [2.24, 2.45) is 0 Å². The standard InChI is InChI=1S/C11H9Cl2Si/c12-14(13)8-10-6-3-5-9-4-1-2-7-11(9)10/h1-7H,8H2. The molecule has 0 atom stereocenters. The molecule has 0 saturated heterocycles. The zero-order valence-electron chi connectivity index (χ0n) is 7.50. The molecule has 71 valence electrons. The molecule has 2 aromatic rings. The van der Waals surface area contributed by atoms with Gasteiger partial charge in [0.2, 0.25) is 0 Å². The molecular formula is C11H9Cl2Si. The molecule has 3 heteroatoms. The summed E-state index contributed by atoms with van der Waals surface area (Å²) in [5.74, 6) is 0. The first-order valence-electron chi connectivity index (χ1n) is 4.41. The zero-order valence-corrected chi connectivity index (χ0v) is 10.0. The summed E-state index contributed by atoms with van der Waals surface area (Å²) >= 11 is 11.8. The molecular weight excluding hydrogens is 231 g/mol. The number of fused-ring (bicyclic) bond motifs is 1. The molecule has 2 rings (SSSR count). The molecule has 0 saturated carbocycles. The zero-order chi connectivity index (χ0) is 9.97. The van der Waals surface area contributed by atoms with E-state index in [4.69, 9.17) is 22.2 Å². The van der Waals surface area contributed by atoms with Crippen molar-refractivity contribution in [2.75, 3.05) is 0 Å². The maximum Gasteiger partial charge on any atom is 0.278 e. The highest BCUT2D eigenvalue weighted by Gasteiger charge is 2.07. The Morgan fingerprint density at radius 3 is 2.43 bits per heavy atom. The topological polar surface area (TPSA) is 0 Å². The summed E-state index contributed by atoms with van der Waals surface area (Å²) in [5, 5.41) is 2.51. The Bertz CT molecular complexity index is 435. The molecule has 0 heterocycles. The maximum atomic E-state index is 5.88. The van der Waals surface area contributed by atoms with Crippen LogP contribution in [0.4, 0.5) is 0 Å². The predicted molar refractivity (Wildman–Crippen MR) is 65.1 cm³/mol. The van der Waals surface area contributed by atoms with Crippen LogP contribution in [0.25, 0.3) is 10.8 Å². The van der Waals surface area contributed by atoms with Gasteiger partial charge in [-0.3, -0.25) is 0 Å². The molecule has 0 unspecified atom stereocenters. The fourth-order valence-corrected chi connectivity index (χ4v) is 3.05. The number of rotatable bonds is 2. The van der Waals surface area contributed by atoms with Gasteiger partial charge in [-0.25, -0.2) is 0 Å². The number of hydrogen-bond acceptors (Lipinski definition) is 0. The molecule has 2 aromatic carbocycles. The fourth-order valence-electron chi connectivity index (χ4n) is 1.59. The van der Waals surface area contributed by atoms with Crippen molar-refractivity contribution in [3.63, 3.8) is 0 Å². The minimum Gasteiger partial charge on any atom is -0.146 e. The van der Waals surface area contributed by atoms with Crippen LogP contribution in [-0.2, 0) is 6.04 Å². The SMILES string of the molecule is Cl[Si](Cl)Cc1cccc2ccccc12. The molecule has 14 heavy (non-hydrogen) atoms. The van der Waals surface area contributed by atoms with Gasteiger partial charge in [0.1, 0.15) is 0 Å². The maximum absolute atomic E-state index is 5.88. The van der Waals surface area contributed by atoms with Crippen LogP contribution in [0, 0.1) is 0 Å². The molecule has 0 amide bonds. The third kappa shape index (κ3) is 2.11. The molecule has 0 fully saturated rings. The van der Waals surface area contributed by atoms with Crippen molar-refractivity contribution in [3.05, 3.63) is 48.0 Å². The van der Waals surface area contributed by atoms with Crippen LogP contribution in [0.15, 0.2) is 42.5 Å². The fraction of sp³-hybridized carbons (Fsp3) is 0.0909. The monoisotopic (exact) mass is 239 g/mol. The van der Waals surface area contributed by atoms with E-state index in [1.807, 2.05) is 12.1 Å². The smallest absolute Gasteiger partial charge is 0.146 e. The summed E-state index contributed by atoms with van der Waals surface area (Å²) in [6.45, 7) is 0. The lowest BCUT2D eigenvalue weighted by atomic mass is 10.1. The van der Waals surface area contributed by atoms with E-state index in [0.717, 1.165) is 6.04 Å². The average molecular weight is 240 g/mol. The second-order valence-corrected chi connectivity index (χ2v) is 7.50. The van der Waals surface area contributed by atoms with Gasteiger partial charge in [0.15, 0.2) is 0 Å². The lowest BCUT2D eigenvalue weighted by Crippen LogP contribution is -1.99. The molecule has 0 bridgehead atoms. The third-order valence-corrected chi connectivity index (χ3v) is 3.65. The Balaban J connectivity index is 2.53. The van der Waals surface area contributed by atoms with Crippen molar-refractivity contribution in [1.82, 2.24) is 0 Å². The van der Waals surface area contributed by atoms with Crippen molar-refractivity contribution in [2.45, 2.75) is 6.04 Å². The van der Waals surface area contributed by atoms with Gasteiger partial charge < -0.3 is 0 Å². The van der Waals surface area contributed by atoms with E-state index in [1.54, 1.807) is 0 Å². The minimum atomic E-state index is -1.23. The molecule has 0 N–H and O–H groups in total. The molecule has 0 aliphatic heterocycles. The second-order valence-electron chi connectivity index (χ2n) is 3.15. The second kappa shape index (κ2) is 4.35. The largest absolute Gasteiger partial charge is 0.278 e. The van der Waals surface area contributed by atoms with E-state index in [9.17, 15) is 0 Å². The Morgan fingerprint density at radius 2 is 1.64 bits per heavy atom. The lowest BCUT2D eigenvalue weighted by molar-refractivity contribution is 1.44. The molecule has 0 aliphatic carbocycles. The van der Waals surface area contributed by atoms with Crippen LogP contribution < -0.4 is 0 Å². The van der Waals surface area contributed by atoms with E-state index in [2.05, 4.69) is 30.3 Å². The van der Waals surface area contributed by atoms with Crippen LogP contribution in [-0.4, -0.2) is 7.42 Å². The van der Waals surface area contributed by atoms with Crippen molar-refractivity contribution < 1.29 is 0 Å². The Morgan fingerprint density at radius 1 is 0.929 bits per heavy atom. The molecule has 0 nitrogen and oxygen atoms in total. The van der Waals surface area contributed by atoms with Crippen molar-refractivity contribution in [1.29, 1.82) is 0 Å². The third-order valence-electron chi connectivity index (χ3n) is 2.20. The van der Waals surface area contributed by atoms with Crippen LogP contribution in [0.2, 0.25) is 0 Å². The van der Waals surface area contributed by atoms with E-state index in [0.29, 0.717) is 0 Å². The summed E-state index contributed by atoms with van der Waals surface area (Å²) in [6.07, 6.45) is 0. The molecule has 0 spiro atoms. The Hall–Kier alpha value is -0.503. The van der Waals surface area contributed by atoms with E-state index in [1.165, 1.54) is 16.3 Å². The normalized spacial score (nSPS) is 11.1. The van der Waals surface area contributed by atoms with Gasteiger partial charge in [-0.1, -0.05) is 42.5 Å². The highest BCUT2D eigenvalue weighted by molar-refractivity contribution is 7.33. The minimum absolute atomic E-state index is 0.801.